The normalized spacial score (nSPS) is 19.6. The number of sulfone groups is 1. The van der Waals surface area contributed by atoms with Gasteiger partial charge in [-0.05, 0) is 24.1 Å². The maximum Gasteiger partial charge on any atom is 0.152 e. The van der Waals surface area contributed by atoms with E-state index in [2.05, 4.69) is 4.90 Å². The number of hydrogen-bond acceptors (Lipinski definition) is 3. The van der Waals surface area contributed by atoms with Crippen molar-refractivity contribution < 1.29 is 8.42 Å². The van der Waals surface area contributed by atoms with Crippen LogP contribution in [0.1, 0.15) is 12.0 Å². The van der Waals surface area contributed by atoms with E-state index in [4.69, 9.17) is 23.2 Å². The van der Waals surface area contributed by atoms with Crippen LogP contribution in [-0.2, 0) is 15.7 Å². The highest BCUT2D eigenvalue weighted by Gasteiger charge is 2.20. The van der Waals surface area contributed by atoms with Gasteiger partial charge in [-0.1, -0.05) is 17.7 Å². The Morgan fingerprint density at radius 3 is 2.72 bits per heavy atom. The summed E-state index contributed by atoms with van der Waals surface area (Å²) in [7, 11) is -2.90. The van der Waals surface area contributed by atoms with Crippen LogP contribution in [0.25, 0.3) is 0 Å². The molecule has 0 radical (unpaired) electrons. The van der Waals surface area contributed by atoms with Crippen molar-refractivity contribution >= 4 is 38.7 Å². The first-order valence-electron chi connectivity index (χ1n) is 5.81. The average molecular weight is 308 g/mol. The largest absolute Gasteiger partial charge is 0.370 e. The van der Waals surface area contributed by atoms with Crippen LogP contribution in [0.15, 0.2) is 18.2 Å². The average Bonchev–Trinajstić information content (AvgIpc) is 2.50. The molecular weight excluding hydrogens is 293 g/mol. The van der Waals surface area contributed by atoms with Gasteiger partial charge in [0.15, 0.2) is 9.84 Å². The lowest BCUT2D eigenvalue weighted by molar-refractivity contribution is 0.597. The predicted octanol–water partition coefficient (Wildman–Crippen LogP) is 2.70. The molecule has 1 aliphatic rings. The smallest absolute Gasteiger partial charge is 0.152 e. The summed E-state index contributed by atoms with van der Waals surface area (Å²) >= 11 is 11.9. The van der Waals surface area contributed by atoms with Crippen LogP contribution in [0.5, 0.6) is 0 Å². The van der Waals surface area contributed by atoms with Crippen molar-refractivity contribution in [2.24, 2.45) is 0 Å². The van der Waals surface area contributed by atoms with Gasteiger partial charge in [0, 0.05) is 29.7 Å². The van der Waals surface area contributed by atoms with Crippen molar-refractivity contribution in [2.45, 2.75) is 12.3 Å². The Balaban J connectivity index is 2.28. The van der Waals surface area contributed by atoms with Crippen molar-refractivity contribution in [3.8, 4) is 0 Å². The quantitative estimate of drug-likeness (QED) is 0.788. The summed E-state index contributed by atoms with van der Waals surface area (Å²) in [5.74, 6) is 0.858. The van der Waals surface area contributed by atoms with Gasteiger partial charge in [0.25, 0.3) is 0 Å². The first-order chi connectivity index (χ1) is 8.52. The molecule has 1 aliphatic heterocycles. The molecule has 6 heteroatoms. The molecule has 1 saturated heterocycles. The molecule has 0 bridgehead atoms. The molecule has 1 aromatic carbocycles. The van der Waals surface area contributed by atoms with Gasteiger partial charge in [-0.25, -0.2) is 8.42 Å². The van der Waals surface area contributed by atoms with Gasteiger partial charge in [-0.3, -0.25) is 0 Å². The maximum absolute atomic E-state index is 11.6. The molecule has 2 rings (SSSR count). The molecule has 0 amide bonds. The van der Waals surface area contributed by atoms with E-state index >= 15 is 0 Å². The van der Waals surface area contributed by atoms with Gasteiger partial charge in [-0.2, -0.15) is 0 Å². The molecule has 0 spiro atoms. The van der Waals surface area contributed by atoms with Gasteiger partial charge in [0.1, 0.15) is 0 Å². The highest BCUT2D eigenvalue weighted by molar-refractivity contribution is 7.91. The Labute approximate surface area is 118 Å². The molecule has 1 aromatic rings. The lowest BCUT2D eigenvalue weighted by atomic mass is 10.1. The van der Waals surface area contributed by atoms with E-state index in [0.717, 1.165) is 17.8 Å². The van der Waals surface area contributed by atoms with Crippen LogP contribution < -0.4 is 4.90 Å². The van der Waals surface area contributed by atoms with Gasteiger partial charge < -0.3 is 4.90 Å². The van der Waals surface area contributed by atoms with Gasteiger partial charge in [0.05, 0.1) is 11.5 Å². The molecular formula is C12H15Cl2NO2S. The topological polar surface area (TPSA) is 37.4 Å². The second kappa shape index (κ2) is 5.68. The van der Waals surface area contributed by atoms with E-state index in [0.29, 0.717) is 23.9 Å². The Hall–Kier alpha value is -0.450. The molecule has 18 heavy (non-hydrogen) atoms. The lowest BCUT2D eigenvalue weighted by Crippen LogP contribution is -2.27. The highest BCUT2D eigenvalue weighted by atomic mass is 35.5. The minimum Gasteiger partial charge on any atom is -0.370 e. The number of benzene rings is 1. The maximum atomic E-state index is 11.6. The van der Waals surface area contributed by atoms with Crippen LogP contribution in [0.3, 0.4) is 0 Å². The highest BCUT2D eigenvalue weighted by Crippen LogP contribution is 2.27. The first-order valence-corrected chi connectivity index (χ1v) is 8.55. The molecule has 0 N–H and O–H groups in total. The molecule has 0 aliphatic carbocycles. The minimum absolute atomic E-state index is 0.196. The number of anilines is 1. The summed E-state index contributed by atoms with van der Waals surface area (Å²) in [6.45, 7) is 1.23. The Morgan fingerprint density at radius 2 is 2.00 bits per heavy atom. The lowest BCUT2D eigenvalue weighted by Gasteiger charge is -2.24. The predicted molar refractivity (Wildman–Crippen MR) is 76.5 cm³/mol. The zero-order chi connectivity index (χ0) is 13.2. The van der Waals surface area contributed by atoms with Crippen LogP contribution in [0.2, 0.25) is 5.02 Å². The van der Waals surface area contributed by atoms with Gasteiger partial charge in [-0.15, -0.1) is 11.6 Å². The molecule has 1 heterocycles. The van der Waals surface area contributed by atoms with Crippen molar-refractivity contribution in [2.75, 3.05) is 29.5 Å². The van der Waals surface area contributed by atoms with Crippen LogP contribution in [-0.4, -0.2) is 33.0 Å². The van der Waals surface area contributed by atoms with E-state index in [-0.39, 0.29) is 11.5 Å². The van der Waals surface area contributed by atoms with Crippen LogP contribution in [0, 0.1) is 0 Å². The van der Waals surface area contributed by atoms with E-state index in [1.807, 2.05) is 12.1 Å². The van der Waals surface area contributed by atoms with E-state index in [1.165, 1.54) is 0 Å². The molecule has 100 valence electrons. The third kappa shape index (κ3) is 3.31. The Bertz CT molecular complexity index is 531. The number of hydrogen-bond donors (Lipinski definition) is 0. The summed E-state index contributed by atoms with van der Waals surface area (Å²) in [5, 5.41) is 0.644. The Morgan fingerprint density at radius 1 is 1.22 bits per heavy atom. The number of halogens is 2. The van der Waals surface area contributed by atoms with Crippen molar-refractivity contribution in [1.82, 2.24) is 0 Å². The number of nitrogens with zero attached hydrogens (tertiary/aromatic N) is 1. The zero-order valence-electron chi connectivity index (χ0n) is 9.90. The molecule has 3 nitrogen and oxygen atoms in total. The standard InChI is InChI=1S/C12H15Cl2NO2S/c13-9-10-2-3-11(14)8-12(10)15-4-1-6-18(16,17)7-5-15/h2-3,8H,1,4-7,9H2. The monoisotopic (exact) mass is 307 g/mol. The van der Waals surface area contributed by atoms with Crippen molar-refractivity contribution in [3.05, 3.63) is 28.8 Å². The number of rotatable bonds is 2. The summed E-state index contributed by atoms with van der Waals surface area (Å²) in [6, 6.07) is 5.55. The molecule has 1 fully saturated rings. The van der Waals surface area contributed by atoms with Crippen LogP contribution in [0.4, 0.5) is 5.69 Å². The van der Waals surface area contributed by atoms with E-state index in [9.17, 15) is 8.42 Å². The van der Waals surface area contributed by atoms with E-state index in [1.54, 1.807) is 6.07 Å². The van der Waals surface area contributed by atoms with Gasteiger partial charge >= 0.3 is 0 Å². The van der Waals surface area contributed by atoms with Crippen LogP contribution >= 0.6 is 23.2 Å². The molecule has 0 atom stereocenters. The molecule has 0 aromatic heterocycles. The zero-order valence-corrected chi connectivity index (χ0v) is 12.2. The SMILES string of the molecule is O=S1(=O)CCCN(c2cc(Cl)ccc2CCl)CC1. The fourth-order valence-electron chi connectivity index (χ4n) is 2.12. The second-order valence-electron chi connectivity index (χ2n) is 4.40. The fraction of sp³-hybridized carbons (Fsp3) is 0.500. The van der Waals surface area contributed by atoms with Crippen molar-refractivity contribution in [1.29, 1.82) is 0 Å². The number of alkyl halides is 1. The summed E-state index contributed by atoms with van der Waals surface area (Å²) < 4.78 is 23.2. The van der Waals surface area contributed by atoms with Crippen molar-refractivity contribution in [3.63, 3.8) is 0 Å². The summed E-state index contributed by atoms with van der Waals surface area (Å²) in [4.78, 5) is 2.06. The molecule has 0 unspecified atom stereocenters. The minimum atomic E-state index is -2.90. The first kappa shape index (κ1) is 14.0. The second-order valence-corrected chi connectivity index (χ2v) is 7.41. The summed E-state index contributed by atoms with van der Waals surface area (Å²) in [6.07, 6.45) is 0.649. The van der Waals surface area contributed by atoms with E-state index < -0.39 is 9.84 Å². The third-order valence-corrected chi connectivity index (χ3v) is 5.33. The third-order valence-electron chi connectivity index (χ3n) is 3.09. The molecule has 0 saturated carbocycles. The summed E-state index contributed by atoms with van der Waals surface area (Å²) in [5.41, 5.74) is 1.94. The Kier molecular flexibility index (Phi) is 4.41. The van der Waals surface area contributed by atoms with Gasteiger partial charge in [0.2, 0.25) is 0 Å². The fourth-order valence-corrected chi connectivity index (χ4v) is 3.79.